The first-order valence-corrected chi connectivity index (χ1v) is 14.0. The number of nitrogens with zero attached hydrogens (tertiary/aromatic N) is 2. The largest absolute Gasteiger partial charge is 0.444 e. The normalized spacial score (nSPS) is 16.4. The van der Waals surface area contributed by atoms with E-state index in [1.54, 1.807) is 20.8 Å². The number of aliphatic hydroxyl groups excluding tert-OH is 1. The minimum absolute atomic E-state index is 0.184. The van der Waals surface area contributed by atoms with Crippen LogP contribution in [0.2, 0.25) is 0 Å². The molecule has 39 heavy (non-hydrogen) atoms. The number of hydroxylamine groups is 1. The third-order valence-corrected chi connectivity index (χ3v) is 7.49. The summed E-state index contributed by atoms with van der Waals surface area (Å²) in [5.41, 5.74) is -0.257. The monoisotopic (exact) mass is 565 g/mol. The van der Waals surface area contributed by atoms with Crippen molar-refractivity contribution in [3.63, 3.8) is 0 Å². The Hall–Kier alpha value is -3.10. The molecule has 12 nitrogen and oxygen atoms in total. The van der Waals surface area contributed by atoms with Gasteiger partial charge in [-0.25, -0.2) is 13.2 Å². The van der Waals surface area contributed by atoms with Crippen molar-refractivity contribution in [2.75, 3.05) is 19.8 Å². The summed E-state index contributed by atoms with van der Waals surface area (Å²) in [7, 11) is -4.36. The highest BCUT2D eigenvalue weighted by Crippen LogP contribution is 2.24. The zero-order chi connectivity index (χ0) is 28.6. The average molecular weight is 566 g/mol. The summed E-state index contributed by atoms with van der Waals surface area (Å²) in [6, 6.07) is 12.5. The van der Waals surface area contributed by atoms with Gasteiger partial charge in [0.25, 0.3) is 15.7 Å². The molecule has 13 heteroatoms. The number of rotatable bonds is 11. The number of nitro benzene ring substituents is 1. The van der Waals surface area contributed by atoms with Crippen LogP contribution in [0.3, 0.4) is 0 Å². The molecule has 1 fully saturated rings. The van der Waals surface area contributed by atoms with Crippen molar-refractivity contribution in [3.05, 3.63) is 70.3 Å². The molecule has 2 aromatic rings. The number of alkyl carbamates (subject to hydrolysis) is 1. The summed E-state index contributed by atoms with van der Waals surface area (Å²) in [6.45, 7) is 5.36. The van der Waals surface area contributed by atoms with E-state index >= 15 is 0 Å². The van der Waals surface area contributed by atoms with Crippen LogP contribution >= 0.6 is 0 Å². The summed E-state index contributed by atoms with van der Waals surface area (Å²) in [6.07, 6.45) is -1.62. The van der Waals surface area contributed by atoms with E-state index in [9.17, 15) is 28.4 Å². The number of carbonyl (C=O) groups is 1. The number of hydrogen-bond acceptors (Lipinski definition) is 9. The zero-order valence-electron chi connectivity index (χ0n) is 22.2. The smallest absolute Gasteiger partial charge is 0.407 e. The van der Waals surface area contributed by atoms with Crippen LogP contribution in [0.15, 0.2) is 59.5 Å². The molecule has 0 aliphatic carbocycles. The third-order valence-electron chi connectivity index (χ3n) is 5.85. The number of nitrogens with one attached hydrogen (secondary N) is 1. The number of hydrogen-bond donors (Lipinski definition) is 2. The van der Waals surface area contributed by atoms with Crippen LogP contribution in [-0.2, 0) is 30.8 Å². The highest BCUT2D eigenvalue weighted by Gasteiger charge is 2.35. The summed E-state index contributed by atoms with van der Waals surface area (Å²) in [5.74, 6) is 0. The average Bonchev–Trinajstić information content (AvgIpc) is 2.88. The van der Waals surface area contributed by atoms with E-state index in [-0.39, 0.29) is 17.0 Å². The molecule has 0 bridgehead atoms. The van der Waals surface area contributed by atoms with Crippen molar-refractivity contribution >= 4 is 21.8 Å². The van der Waals surface area contributed by atoms with E-state index in [1.165, 1.54) is 0 Å². The quantitative estimate of drug-likeness (QED) is 0.308. The van der Waals surface area contributed by atoms with Gasteiger partial charge in [-0.15, -0.1) is 0 Å². The number of amides is 1. The van der Waals surface area contributed by atoms with E-state index < -0.39 is 51.4 Å². The standard InChI is InChI=1S/C26H35N3O9S/c1-26(2,3)37-25(31)27-23(17-19-7-5-4-6-8-19)24(30)18-28(38-21-13-15-36-16-14-21)39(34,35)22-11-9-20(10-12-22)29(32)33/h4-12,21,23-24,30H,13-18H2,1-3H3,(H,27,31)/t23-,24+/m0/s1. The molecule has 0 radical (unpaired) electrons. The Bertz CT molecular complexity index is 1200. The number of sulfonamides is 1. The van der Waals surface area contributed by atoms with Crippen molar-refractivity contribution in [2.45, 2.75) is 68.8 Å². The fourth-order valence-corrected chi connectivity index (χ4v) is 5.19. The Balaban J connectivity index is 1.88. The number of ether oxygens (including phenoxy) is 2. The van der Waals surface area contributed by atoms with Gasteiger partial charge in [0.1, 0.15) is 5.60 Å². The molecule has 2 atom stereocenters. The Kier molecular flexibility index (Phi) is 10.4. The van der Waals surface area contributed by atoms with Crippen molar-refractivity contribution in [2.24, 2.45) is 0 Å². The van der Waals surface area contributed by atoms with Crippen LogP contribution in [0.1, 0.15) is 39.2 Å². The molecule has 0 spiro atoms. The summed E-state index contributed by atoms with van der Waals surface area (Å²) < 4.78 is 38.6. The SMILES string of the molecule is CC(C)(C)OC(=O)N[C@@H](Cc1ccccc1)[C@H](O)CN(OC1CCOCC1)S(=O)(=O)c1ccc([N+](=O)[O-])cc1. The number of aliphatic hydroxyl groups is 1. The second kappa shape index (κ2) is 13.3. The van der Waals surface area contributed by atoms with Crippen LogP contribution in [0, 0.1) is 10.1 Å². The molecule has 2 aromatic carbocycles. The van der Waals surface area contributed by atoms with Gasteiger partial charge < -0.3 is 19.9 Å². The third kappa shape index (κ3) is 9.25. The van der Waals surface area contributed by atoms with Crippen LogP contribution in [-0.4, -0.2) is 72.6 Å². The maximum atomic E-state index is 13.6. The zero-order valence-corrected chi connectivity index (χ0v) is 23.0. The Morgan fingerprint density at radius 1 is 1.15 bits per heavy atom. The second-order valence-corrected chi connectivity index (χ2v) is 12.0. The molecular formula is C26H35N3O9S. The van der Waals surface area contributed by atoms with Crippen LogP contribution in [0.25, 0.3) is 0 Å². The lowest BCUT2D eigenvalue weighted by atomic mass is 10.0. The first-order chi connectivity index (χ1) is 18.3. The fraction of sp³-hybridized carbons (Fsp3) is 0.500. The molecule has 0 aromatic heterocycles. The van der Waals surface area contributed by atoms with E-state index in [2.05, 4.69) is 5.32 Å². The first kappa shape index (κ1) is 30.4. The Labute approximate surface area is 228 Å². The van der Waals surface area contributed by atoms with E-state index in [1.807, 2.05) is 30.3 Å². The second-order valence-electron chi connectivity index (χ2n) is 10.2. The van der Waals surface area contributed by atoms with Crippen molar-refractivity contribution < 1.29 is 37.6 Å². The lowest BCUT2D eigenvalue weighted by Gasteiger charge is -2.32. The van der Waals surface area contributed by atoms with Crippen LogP contribution in [0.4, 0.5) is 10.5 Å². The van der Waals surface area contributed by atoms with Gasteiger partial charge >= 0.3 is 6.09 Å². The van der Waals surface area contributed by atoms with Crippen molar-refractivity contribution in [1.82, 2.24) is 9.79 Å². The lowest BCUT2D eigenvalue weighted by molar-refractivity contribution is -0.384. The van der Waals surface area contributed by atoms with Gasteiger partial charge in [-0.3, -0.25) is 15.0 Å². The van der Waals surface area contributed by atoms with Gasteiger partial charge in [0.05, 0.1) is 34.6 Å². The molecular weight excluding hydrogens is 530 g/mol. The van der Waals surface area contributed by atoms with Crippen molar-refractivity contribution in [3.8, 4) is 0 Å². The lowest BCUT2D eigenvalue weighted by Crippen LogP contribution is -2.52. The molecule has 1 heterocycles. The summed E-state index contributed by atoms with van der Waals surface area (Å²) in [4.78, 5) is 28.6. The molecule has 214 valence electrons. The van der Waals surface area contributed by atoms with Crippen LogP contribution in [0.5, 0.6) is 0 Å². The predicted molar refractivity (Wildman–Crippen MR) is 141 cm³/mol. The minimum Gasteiger partial charge on any atom is -0.444 e. The van der Waals surface area contributed by atoms with Gasteiger partial charge in [0.2, 0.25) is 0 Å². The number of carbonyl (C=O) groups excluding carboxylic acids is 1. The van der Waals surface area contributed by atoms with Gasteiger partial charge in [-0.1, -0.05) is 34.8 Å². The molecule has 1 aliphatic heterocycles. The maximum absolute atomic E-state index is 13.6. The summed E-state index contributed by atoms with van der Waals surface area (Å²) in [5, 5.41) is 25.0. The van der Waals surface area contributed by atoms with Gasteiger partial charge in [-0.05, 0) is 57.7 Å². The number of non-ortho nitro benzene ring substituents is 1. The molecule has 1 amide bonds. The van der Waals surface area contributed by atoms with Crippen molar-refractivity contribution in [1.29, 1.82) is 0 Å². The van der Waals surface area contributed by atoms with Gasteiger partial charge in [0.15, 0.2) is 0 Å². The summed E-state index contributed by atoms with van der Waals surface area (Å²) >= 11 is 0. The Morgan fingerprint density at radius 3 is 2.33 bits per heavy atom. The molecule has 1 saturated heterocycles. The van der Waals surface area contributed by atoms with E-state index in [4.69, 9.17) is 14.3 Å². The Morgan fingerprint density at radius 2 is 1.77 bits per heavy atom. The minimum atomic E-state index is -4.36. The molecule has 0 unspecified atom stereocenters. The molecule has 1 aliphatic rings. The number of benzene rings is 2. The first-order valence-electron chi connectivity index (χ1n) is 12.6. The highest BCUT2D eigenvalue weighted by atomic mass is 32.2. The van der Waals surface area contributed by atoms with Crippen LogP contribution < -0.4 is 5.32 Å². The predicted octanol–water partition coefficient (Wildman–Crippen LogP) is 3.19. The molecule has 3 rings (SSSR count). The van der Waals surface area contributed by atoms with Gasteiger partial charge in [-0.2, -0.15) is 0 Å². The maximum Gasteiger partial charge on any atom is 0.407 e. The molecule has 2 N–H and O–H groups in total. The molecule has 0 saturated carbocycles. The number of nitro groups is 1. The van der Waals surface area contributed by atoms with E-state index in [0.717, 1.165) is 29.8 Å². The highest BCUT2D eigenvalue weighted by molar-refractivity contribution is 7.89. The topological polar surface area (TPSA) is 158 Å². The van der Waals surface area contributed by atoms with Gasteiger partial charge in [0, 0.05) is 25.3 Å². The van der Waals surface area contributed by atoms with E-state index in [0.29, 0.717) is 30.5 Å². The fourth-order valence-electron chi connectivity index (χ4n) is 3.89.